The summed E-state index contributed by atoms with van der Waals surface area (Å²) in [4.78, 5) is 15.8. The van der Waals surface area contributed by atoms with Crippen LogP contribution in [-0.4, -0.2) is 42.7 Å². The van der Waals surface area contributed by atoms with E-state index in [4.69, 9.17) is 4.74 Å². The summed E-state index contributed by atoms with van der Waals surface area (Å²) >= 11 is 1.43. The first kappa shape index (κ1) is 16.5. The Morgan fingerprint density at radius 2 is 2.05 bits per heavy atom. The van der Waals surface area contributed by atoms with Crippen molar-refractivity contribution in [2.75, 3.05) is 20.7 Å². The number of carbonyl (C=O) groups excluding carboxylic acids is 1. The van der Waals surface area contributed by atoms with E-state index in [2.05, 4.69) is 0 Å². The average molecular weight is 319 g/mol. The quantitative estimate of drug-likeness (QED) is 0.889. The Morgan fingerprint density at radius 3 is 2.64 bits per heavy atom. The number of methoxy groups -OCH3 is 1. The molecule has 22 heavy (non-hydrogen) atoms. The number of thiophene rings is 1. The van der Waals surface area contributed by atoms with Crippen molar-refractivity contribution in [3.05, 3.63) is 41.3 Å². The molecule has 1 N–H and O–H groups in total. The van der Waals surface area contributed by atoms with Gasteiger partial charge in [0.15, 0.2) is 0 Å². The maximum atomic E-state index is 12.6. The molecule has 0 saturated carbocycles. The Hall–Kier alpha value is -1.85. The predicted octanol–water partition coefficient (Wildman–Crippen LogP) is 3.27. The van der Waals surface area contributed by atoms with Gasteiger partial charge < -0.3 is 14.7 Å². The van der Waals surface area contributed by atoms with Gasteiger partial charge in [-0.15, -0.1) is 11.3 Å². The highest BCUT2D eigenvalue weighted by Gasteiger charge is 2.21. The van der Waals surface area contributed by atoms with Crippen LogP contribution in [-0.2, 0) is 0 Å². The van der Waals surface area contributed by atoms with Gasteiger partial charge in [0.05, 0.1) is 13.2 Å². The fraction of sp³-hybridized carbons (Fsp3) is 0.353. The van der Waals surface area contributed by atoms with E-state index in [1.807, 2.05) is 36.4 Å². The van der Waals surface area contributed by atoms with E-state index < -0.39 is 6.10 Å². The largest absolute Gasteiger partial charge is 0.495 e. The summed E-state index contributed by atoms with van der Waals surface area (Å²) in [6.45, 7) is 2.23. The second-order valence-electron chi connectivity index (χ2n) is 5.24. The molecule has 118 valence electrons. The van der Waals surface area contributed by atoms with Crippen molar-refractivity contribution >= 4 is 17.2 Å². The van der Waals surface area contributed by atoms with Crippen LogP contribution in [0.2, 0.25) is 0 Å². The molecule has 1 heterocycles. The zero-order chi connectivity index (χ0) is 16.1. The highest BCUT2D eigenvalue weighted by molar-refractivity contribution is 7.17. The number of hydrogen-bond donors (Lipinski definition) is 1. The van der Waals surface area contributed by atoms with Crippen LogP contribution >= 0.6 is 11.3 Å². The second-order valence-corrected chi connectivity index (χ2v) is 6.29. The first-order valence-electron chi connectivity index (χ1n) is 7.19. The van der Waals surface area contributed by atoms with Crippen LogP contribution in [0.4, 0.5) is 0 Å². The summed E-state index contributed by atoms with van der Waals surface area (Å²) in [5, 5.41) is 9.35. The Kier molecular flexibility index (Phi) is 5.57. The first-order valence-corrected chi connectivity index (χ1v) is 8.01. The third-order valence-electron chi connectivity index (χ3n) is 3.40. The fourth-order valence-corrected chi connectivity index (χ4v) is 3.20. The number of aliphatic hydroxyl groups excluding tert-OH is 1. The van der Waals surface area contributed by atoms with E-state index in [-0.39, 0.29) is 5.91 Å². The van der Waals surface area contributed by atoms with Crippen molar-refractivity contribution in [3.63, 3.8) is 0 Å². The number of aliphatic hydroxyl groups is 1. The lowest BCUT2D eigenvalue weighted by molar-refractivity contribution is 0.0771. The summed E-state index contributed by atoms with van der Waals surface area (Å²) < 4.78 is 5.36. The lowest BCUT2D eigenvalue weighted by Crippen LogP contribution is -2.29. The summed E-state index contributed by atoms with van der Waals surface area (Å²) in [6.07, 6.45) is 0.141. The van der Waals surface area contributed by atoms with E-state index in [0.29, 0.717) is 23.6 Å². The molecule has 2 aromatic rings. The van der Waals surface area contributed by atoms with Gasteiger partial charge in [-0.05, 0) is 25.0 Å². The minimum atomic E-state index is -0.416. The molecule has 2 rings (SSSR count). The minimum absolute atomic E-state index is 0.0790. The molecule has 0 radical (unpaired) electrons. The SMILES string of the molecule is COc1cc(-c2ccccc2)sc1C(=O)N(C)CCC(C)O. The highest BCUT2D eigenvalue weighted by atomic mass is 32.1. The van der Waals surface area contributed by atoms with Gasteiger partial charge in [0.1, 0.15) is 10.6 Å². The molecular formula is C17H21NO3S. The number of carbonyl (C=O) groups is 1. The molecule has 5 heteroatoms. The standard InChI is InChI=1S/C17H21NO3S/c1-12(19)9-10-18(2)17(20)16-14(21-3)11-15(22-16)13-7-5-4-6-8-13/h4-8,11-12,19H,9-10H2,1-3H3. The van der Waals surface area contributed by atoms with Crippen molar-refractivity contribution in [2.24, 2.45) is 0 Å². The maximum absolute atomic E-state index is 12.6. The molecule has 1 aromatic carbocycles. The van der Waals surface area contributed by atoms with Crippen LogP contribution in [0.5, 0.6) is 5.75 Å². The number of hydrogen-bond acceptors (Lipinski definition) is 4. The number of benzene rings is 1. The van der Waals surface area contributed by atoms with E-state index in [1.54, 1.807) is 26.0 Å². The lowest BCUT2D eigenvalue weighted by atomic mass is 10.2. The topological polar surface area (TPSA) is 49.8 Å². The summed E-state index contributed by atoms with van der Waals surface area (Å²) in [7, 11) is 3.31. The minimum Gasteiger partial charge on any atom is -0.495 e. The van der Waals surface area contributed by atoms with Crippen LogP contribution in [0.1, 0.15) is 23.0 Å². The Labute approximate surface area is 135 Å². The highest BCUT2D eigenvalue weighted by Crippen LogP contribution is 2.36. The van der Waals surface area contributed by atoms with Crippen molar-refractivity contribution in [1.82, 2.24) is 4.90 Å². The van der Waals surface area contributed by atoms with Crippen molar-refractivity contribution < 1.29 is 14.6 Å². The molecule has 0 spiro atoms. The van der Waals surface area contributed by atoms with Gasteiger partial charge >= 0.3 is 0 Å². The number of rotatable bonds is 6. The Bertz CT molecular complexity index is 622. The van der Waals surface area contributed by atoms with Crippen molar-refractivity contribution in [3.8, 4) is 16.2 Å². The number of amides is 1. The molecule has 0 aliphatic heterocycles. The van der Waals surface area contributed by atoms with E-state index in [9.17, 15) is 9.90 Å². The fourth-order valence-electron chi connectivity index (χ4n) is 2.08. The number of ether oxygens (including phenoxy) is 1. The molecule has 0 bridgehead atoms. The molecule has 1 unspecified atom stereocenters. The monoisotopic (exact) mass is 319 g/mol. The normalized spacial score (nSPS) is 12.0. The average Bonchev–Trinajstić information content (AvgIpc) is 2.97. The van der Waals surface area contributed by atoms with Crippen molar-refractivity contribution in [1.29, 1.82) is 0 Å². The van der Waals surface area contributed by atoms with E-state index in [1.165, 1.54) is 11.3 Å². The zero-order valence-electron chi connectivity index (χ0n) is 13.1. The van der Waals surface area contributed by atoms with Crippen LogP contribution in [0.15, 0.2) is 36.4 Å². The zero-order valence-corrected chi connectivity index (χ0v) is 13.9. The molecule has 1 amide bonds. The molecule has 1 aromatic heterocycles. The third-order valence-corrected chi connectivity index (χ3v) is 4.55. The van der Waals surface area contributed by atoms with Crippen LogP contribution in [0.25, 0.3) is 10.4 Å². The maximum Gasteiger partial charge on any atom is 0.267 e. The molecule has 0 aliphatic rings. The van der Waals surface area contributed by atoms with Crippen LogP contribution in [0, 0.1) is 0 Å². The van der Waals surface area contributed by atoms with Gasteiger partial charge in [0.25, 0.3) is 5.91 Å². The summed E-state index contributed by atoms with van der Waals surface area (Å²) in [5.41, 5.74) is 1.07. The number of nitrogens with zero attached hydrogens (tertiary/aromatic N) is 1. The molecular weight excluding hydrogens is 298 g/mol. The molecule has 0 aliphatic carbocycles. The summed E-state index contributed by atoms with van der Waals surface area (Å²) in [5.74, 6) is 0.516. The Balaban J connectivity index is 2.23. The molecule has 1 atom stereocenters. The van der Waals surface area contributed by atoms with Gasteiger partial charge in [0, 0.05) is 18.5 Å². The predicted molar refractivity (Wildman–Crippen MR) is 89.6 cm³/mol. The van der Waals surface area contributed by atoms with Gasteiger partial charge in [0.2, 0.25) is 0 Å². The van der Waals surface area contributed by atoms with Crippen molar-refractivity contribution in [2.45, 2.75) is 19.4 Å². The lowest BCUT2D eigenvalue weighted by Gasteiger charge is -2.17. The van der Waals surface area contributed by atoms with Crippen LogP contribution in [0.3, 0.4) is 0 Å². The van der Waals surface area contributed by atoms with Gasteiger partial charge in [-0.1, -0.05) is 30.3 Å². The smallest absolute Gasteiger partial charge is 0.267 e. The second kappa shape index (κ2) is 7.42. The van der Waals surface area contributed by atoms with Crippen LogP contribution < -0.4 is 4.74 Å². The Morgan fingerprint density at radius 1 is 1.36 bits per heavy atom. The molecule has 4 nitrogen and oxygen atoms in total. The van der Waals surface area contributed by atoms with Gasteiger partial charge in [-0.3, -0.25) is 4.79 Å². The van der Waals surface area contributed by atoms with E-state index in [0.717, 1.165) is 10.4 Å². The van der Waals surface area contributed by atoms with Gasteiger partial charge in [-0.2, -0.15) is 0 Å². The summed E-state index contributed by atoms with van der Waals surface area (Å²) in [6, 6.07) is 11.8. The molecule has 0 fully saturated rings. The third kappa shape index (κ3) is 3.87. The van der Waals surface area contributed by atoms with E-state index >= 15 is 0 Å². The first-order chi connectivity index (χ1) is 10.5. The van der Waals surface area contributed by atoms with Gasteiger partial charge in [-0.25, -0.2) is 0 Å². The molecule has 0 saturated heterocycles.